The average Bonchev–Trinajstić information content (AvgIpc) is 2.55. The van der Waals surface area contributed by atoms with Crippen LogP contribution in [0.3, 0.4) is 0 Å². The van der Waals surface area contributed by atoms with E-state index in [1.54, 1.807) is 0 Å². The predicted molar refractivity (Wildman–Crippen MR) is 82.0 cm³/mol. The monoisotopic (exact) mass is 287 g/mol. The van der Waals surface area contributed by atoms with Crippen molar-refractivity contribution in [1.82, 2.24) is 0 Å². The molecule has 0 fully saturated rings. The highest BCUT2D eigenvalue weighted by Gasteiger charge is 2.07. The molecule has 3 N–H and O–H groups in total. The van der Waals surface area contributed by atoms with Crippen LogP contribution in [0.5, 0.6) is 5.75 Å². The van der Waals surface area contributed by atoms with Gasteiger partial charge in [-0.05, 0) is 23.3 Å². The molecule has 0 saturated heterocycles. The van der Waals surface area contributed by atoms with Gasteiger partial charge in [0.2, 0.25) is 0 Å². The topological polar surface area (TPSA) is 64.7 Å². The summed E-state index contributed by atoms with van der Waals surface area (Å²) >= 11 is 0. The third-order valence-corrected chi connectivity index (χ3v) is 3.12. The maximum Gasteiger partial charge on any atom is 0.119 e. The summed E-state index contributed by atoms with van der Waals surface area (Å²) < 4.78 is 10.9. The summed E-state index contributed by atoms with van der Waals surface area (Å²) in [5, 5.41) is 10.0. The number of hydrogen-bond acceptors (Lipinski definition) is 4. The van der Waals surface area contributed by atoms with Crippen molar-refractivity contribution in [2.75, 3.05) is 19.8 Å². The number of ether oxygens (including phenoxy) is 2. The van der Waals surface area contributed by atoms with Crippen LogP contribution < -0.4 is 10.5 Å². The average molecular weight is 287 g/mol. The van der Waals surface area contributed by atoms with Crippen LogP contribution in [-0.4, -0.2) is 24.9 Å². The fourth-order valence-electron chi connectivity index (χ4n) is 1.90. The number of aliphatic hydroxyl groups is 1. The van der Waals surface area contributed by atoms with Crippen molar-refractivity contribution in [3.05, 3.63) is 65.7 Å². The number of para-hydroxylation sites is 1. The van der Waals surface area contributed by atoms with Gasteiger partial charge in [-0.1, -0.05) is 42.5 Å². The molecule has 0 radical (unpaired) electrons. The van der Waals surface area contributed by atoms with Crippen molar-refractivity contribution >= 4 is 0 Å². The van der Waals surface area contributed by atoms with Gasteiger partial charge in [-0.3, -0.25) is 0 Å². The zero-order valence-electron chi connectivity index (χ0n) is 11.9. The molecule has 1 atom stereocenters. The second-order valence-corrected chi connectivity index (χ2v) is 4.70. The second kappa shape index (κ2) is 8.42. The van der Waals surface area contributed by atoms with Crippen molar-refractivity contribution in [2.24, 2.45) is 5.73 Å². The molecule has 0 aliphatic carbocycles. The minimum Gasteiger partial charge on any atom is -0.491 e. The summed E-state index contributed by atoms with van der Waals surface area (Å²) in [4.78, 5) is 0. The molecule has 0 heterocycles. The second-order valence-electron chi connectivity index (χ2n) is 4.70. The van der Waals surface area contributed by atoms with E-state index in [9.17, 15) is 5.11 Å². The first-order valence-corrected chi connectivity index (χ1v) is 7.02. The summed E-state index contributed by atoms with van der Waals surface area (Å²) in [5.74, 6) is 0.819. The van der Waals surface area contributed by atoms with Crippen LogP contribution in [0.15, 0.2) is 54.6 Å². The highest BCUT2D eigenvalue weighted by atomic mass is 16.5. The summed E-state index contributed by atoms with van der Waals surface area (Å²) in [7, 11) is 0. The summed E-state index contributed by atoms with van der Waals surface area (Å²) in [6.45, 7) is 1.65. The van der Waals surface area contributed by atoms with E-state index in [1.807, 2.05) is 54.6 Å². The Morgan fingerprint density at radius 1 is 0.952 bits per heavy atom. The van der Waals surface area contributed by atoms with Crippen LogP contribution in [0, 0.1) is 0 Å². The van der Waals surface area contributed by atoms with E-state index in [-0.39, 0.29) is 6.61 Å². The van der Waals surface area contributed by atoms with Gasteiger partial charge in [-0.2, -0.15) is 0 Å². The molecule has 2 rings (SSSR count). The summed E-state index contributed by atoms with van der Waals surface area (Å²) in [5.41, 5.74) is 7.41. The lowest BCUT2D eigenvalue weighted by atomic mass is 10.1. The Labute approximate surface area is 125 Å². The molecule has 0 saturated carbocycles. The quantitative estimate of drug-likeness (QED) is 0.731. The zero-order chi connectivity index (χ0) is 14.9. The largest absolute Gasteiger partial charge is 0.491 e. The molecule has 4 heteroatoms. The molecule has 0 aromatic heterocycles. The van der Waals surface area contributed by atoms with Gasteiger partial charge in [-0.15, -0.1) is 0 Å². The van der Waals surface area contributed by atoms with Gasteiger partial charge in [0.25, 0.3) is 0 Å². The van der Waals surface area contributed by atoms with Crippen LogP contribution >= 0.6 is 0 Å². The van der Waals surface area contributed by atoms with Gasteiger partial charge in [0, 0.05) is 6.54 Å². The van der Waals surface area contributed by atoms with Gasteiger partial charge in [0.15, 0.2) is 0 Å². The molecule has 0 aliphatic heterocycles. The first-order chi connectivity index (χ1) is 10.3. The molecule has 2 aromatic carbocycles. The van der Waals surface area contributed by atoms with Crippen LogP contribution in [0.1, 0.15) is 17.2 Å². The van der Waals surface area contributed by atoms with E-state index in [0.29, 0.717) is 19.8 Å². The standard InChI is InChI=1S/C17H21NO3/c18-12-14-6-8-15(9-7-14)17(19)13-20-10-11-21-16-4-2-1-3-5-16/h1-9,17,19H,10-13,18H2. The fraction of sp³-hybridized carbons (Fsp3) is 0.294. The normalized spacial score (nSPS) is 12.1. The smallest absolute Gasteiger partial charge is 0.119 e. The minimum atomic E-state index is -0.631. The first-order valence-electron chi connectivity index (χ1n) is 7.02. The van der Waals surface area contributed by atoms with E-state index < -0.39 is 6.10 Å². The SMILES string of the molecule is NCc1ccc(C(O)COCCOc2ccccc2)cc1. The Morgan fingerprint density at radius 2 is 1.67 bits per heavy atom. The third kappa shape index (κ3) is 5.19. The Morgan fingerprint density at radius 3 is 2.33 bits per heavy atom. The molecule has 21 heavy (non-hydrogen) atoms. The van der Waals surface area contributed by atoms with Crippen LogP contribution in [0.25, 0.3) is 0 Å². The zero-order valence-corrected chi connectivity index (χ0v) is 11.9. The Balaban J connectivity index is 1.65. The maximum absolute atomic E-state index is 10.0. The predicted octanol–water partition coefficient (Wildman–Crippen LogP) is 2.27. The molecule has 1 unspecified atom stereocenters. The molecule has 4 nitrogen and oxygen atoms in total. The van der Waals surface area contributed by atoms with Gasteiger partial charge in [0.1, 0.15) is 18.5 Å². The lowest BCUT2D eigenvalue weighted by Gasteiger charge is -2.12. The van der Waals surface area contributed by atoms with E-state index >= 15 is 0 Å². The number of benzene rings is 2. The maximum atomic E-state index is 10.0. The Hall–Kier alpha value is -1.88. The van der Waals surface area contributed by atoms with Crippen molar-refractivity contribution in [2.45, 2.75) is 12.6 Å². The lowest BCUT2D eigenvalue weighted by molar-refractivity contribution is 0.0239. The van der Waals surface area contributed by atoms with Crippen LogP contribution in [-0.2, 0) is 11.3 Å². The van der Waals surface area contributed by atoms with Crippen molar-refractivity contribution in [3.63, 3.8) is 0 Å². The molecule has 0 aliphatic rings. The van der Waals surface area contributed by atoms with Crippen LogP contribution in [0.4, 0.5) is 0 Å². The molecule has 2 aromatic rings. The van der Waals surface area contributed by atoms with Gasteiger partial charge >= 0.3 is 0 Å². The molecule has 112 valence electrons. The Kier molecular flexibility index (Phi) is 6.22. The van der Waals surface area contributed by atoms with Gasteiger partial charge in [-0.25, -0.2) is 0 Å². The lowest BCUT2D eigenvalue weighted by Crippen LogP contribution is -2.12. The van der Waals surface area contributed by atoms with Crippen LogP contribution in [0.2, 0.25) is 0 Å². The van der Waals surface area contributed by atoms with E-state index in [4.69, 9.17) is 15.2 Å². The van der Waals surface area contributed by atoms with Crippen molar-refractivity contribution < 1.29 is 14.6 Å². The number of hydrogen-bond donors (Lipinski definition) is 2. The minimum absolute atomic E-state index is 0.250. The fourth-order valence-corrected chi connectivity index (χ4v) is 1.90. The Bertz CT molecular complexity index is 513. The highest BCUT2D eigenvalue weighted by Crippen LogP contribution is 2.14. The van der Waals surface area contributed by atoms with E-state index in [2.05, 4.69) is 0 Å². The summed E-state index contributed by atoms with van der Waals surface area (Å²) in [6.07, 6.45) is -0.631. The highest BCUT2D eigenvalue weighted by molar-refractivity contribution is 5.24. The van der Waals surface area contributed by atoms with Gasteiger partial charge in [0.05, 0.1) is 13.2 Å². The van der Waals surface area contributed by atoms with Crippen molar-refractivity contribution in [3.8, 4) is 5.75 Å². The number of aliphatic hydroxyl groups excluding tert-OH is 1. The third-order valence-electron chi connectivity index (χ3n) is 3.12. The molecular formula is C17H21NO3. The van der Waals surface area contributed by atoms with Crippen molar-refractivity contribution in [1.29, 1.82) is 0 Å². The summed E-state index contributed by atoms with van der Waals surface area (Å²) in [6, 6.07) is 17.1. The first kappa shape index (κ1) is 15.5. The van der Waals surface area contributed by atoms with E-state index in [0.717, 1.165) is 16.9 Å². The molecule has 0 bridgehead atoms. The van der Waals surface area contributed by atoms with E-state index in [1.165, 1.54) is 0 Å². The molecule has 0 amide bonds. The van der Waals surface area contributed by atoms with Gasteiger partial charge < -0.3 is 20.3 Å². The number of nitrogens with two attached hydrogens (primary N) is 1. The number of rotatable bonds is 8. The molecule has 0 spiro atoms. The molecular weight excluding hydrogens is 266 g/mol.